The maximum atomic E-state index is 2.00. The van der Waals surface area contributed by atoms with Gasteiger partial charge in [0.1, 0.15) is 0 Å². The maximum Gasteiger partial charge on any atom is 0 e. The van der Waals surface area contributed by atoms with Crippen LogP contribution < -0.4 is 0 Å². The van der Waals surface area contributed by atoms with Gasteiger partial charge in [0.05, 0.1) is 0 Å². The summed E-state index contributed by atoms with van der Waals surface area (Å²) in [6.07, 6.45) is 0. The fourth-order valence-electron chi connectivity index (χ4n) is 0. The van der Waals surface area contributed by atoms with Gasteiger partial charge in [-0.3, -0.25) is 0 Å². The molecule has 0 amide bonds. The summed E-state index contributed by atoms with van der Waals surface area (Å²) in [5, 5.41) is 0. The topological polar surface area (TPSA) is 0 Å². The quantitative estimate of drug-likeness (QED) is 0.440. The summed E-state index contributed by atoms with van der Waals surface area (Å²) < 4.78 is 0. The maximum absolute atomic E-state index is 2.00. The first-order valence-corrected chi connectivity index (χ1v) is 7.25. The van der Waals surface area contributed by atoms with Crippen LogP contribution >= 0.6 is 0 Å². The third-order valence-electron chi connectivity index (χ3n) is 0. The van der Waals surface area contributed by atoms with Gasteiger partial charge in [-0.25, -0.2) is 0 Å². The molecule has 4 heavy (non-hydrogen) atoms. The van der Waals surface area contributed by atoms with Gasteiger partial charge in [0.2, 0.25) is 0 Å². The van der Waals surface area contributed by atoms with Gasteiger partial charge >= 0.3 is 35.3 Å². The molecule has 0 nitrogen and oxygen atoms in total. The van der Waals surface area contributed by atoms with Gasteiger partial charge in [0, 0.05) is 59.0 Å². The van der Waals surface area contributed by atoms with Crippen molar-refractivity contribution in [3.63, 3.8) is 0 Å². The van der Waals surface area contributed by atoms with Crippen LogP contribution in [0.5, 0.6) is 0 Å². The van der Waals surface area contributed by atoms with Crippen LogP contribution in [0.4, 0.5) is 0 Å². The molecule has 0 bridgehead atoms. The molecule has 0 atom stereocenters. The third kappa shape index (κ3) is 9.06. The largest absolute Gasteiger partial charge is 0 e. The molecule has 0 heterocycles. The molecule has 0 aliphatic carbocycles. The van der Waals surface area contributed by atoms with Crippen LogP contribution in [0.1, 0.15) is 0 Å². The summed E-state index contributed by atoms with van der Waals surface area (Å²) in [5.41, 5.74) is 0. The molecule has 0 radical (unpaired) electrons. The summed E-state index contributed by atoms with van der Waals surface area (Å²) in [6.45, 7) is 0. The standard InChI is InChI=1S/Er.Mo.H2Te.Ti/h;;1H2;/q;+1;;/p-1. The molecule has 0 rings (SSSR count). The van der Waals surface area contributed by atoms with Crippen LogP contribution in [-0.2, 0) is 37.9 Å². The molecule has 29 valence electrons. The number of hydrogen-bond acceptors (Lipinski definition) is 0. The smallest absolute Gasteiger partial charge is 0 e. The van der Waals surface area contributed by atoms with E-state index in [9.17, 15) is 0 Å². The van der Waals surface area contributed by atoms with Crippen LogP contribution in [-0.4, -0.2) is 19.1 Å². The van der Waals surface area contributed by atoms with Crippen LogP contribution in [0.3, 0.4) is 0 Å². The zero-order valence-electron chi connectivity index (χ0n) is 1.64. The molecule has 0 aliphatic heterocycles. The fourth-order valence-corrected chi connectivity index (χ4v) is 0. The minimum absolute atomic E-state index is 0. The minimum atomic E-state index is 0. The molecule has 4 heteroatoms. The van der Waals surface area contributed by atoms with E-state index in [1.807, 2.05) is 16.2 Å². The minimum Gasteiger partial charge on any atom is 0 e. The molecule has 0 aromatic heterocycles. The van der Waals surface area contributed by atoms with E-state index in [0.29, 0.717) is 0 Å². The predicted octanol–water partition coefficient (Wildman–Crippen LogP) is -0.653. The molecule has 0 fully saturated rings. The van der Waals surface area contributed by atoms with Gasteiger partial charge in [-0.05, 0) is 0 Å². The van der Waals surface area contributed by atoms with E-state index in [0.717, 1.165) is 0 Å². The van der Waals surface area contributed by atoms with Crippen molar-refractivity contribution in [2.75, 3.05) is 0 Å². The van der Waals surface area contributed by atoms with Crippen molar-refractivity contribution in [2.24, 2.45) is 0 Å². The van der Waals surface area contributed by atoms with Crippen LogP contribution in [0.25, 0.3) is 0 Å². The molecule has 0 saturated heterocycles. The Morgan fingerprint density at radius 3 is 1.25 bits per heavy atom. The summed E-state index contributed by atoms with van der Waals surface area (Å²) in [5.74, 6) is 0. The molecular weight excluding hydrogens is 439 g/mol. The van der Waals surface area contributed by atoms with Gasteiger partial charge < -0.3 is 0 Å². The normalized spacial score (nSPS) is 1.25. The zero-order valence-corrected chi connectivity index (χ0v) is 9.62. The van der Waals surface area contributed by atoms with Gasteiger partial charge in [0.25, 0.3) is 0 Å². The second-order valence-corrected chi connectivity index (χ2v) is 0. The van der Waals surface area contributed by atoms with E-state index in [-0.39, 0.29) is 59.0 Å². The van der Waals surface area contributed by atoms with Crippen LogP contribution in [0.2, 0.25) is 0 Å². The summed E-state index contributed by atoms with van der Waals surface area (Å²) in [6, 6.07) is 0. The Labute approximate surface area is 91.9 Å². The van der Waals surface area contributed by atoms with E-state index in [1.165, 1.54) is 0 Å². The monoisotopic (exact) mass is 443 g/mol. The Morgan fingerprint density at radius 1 is 1.25 bits per heavy atom. The summed E-state index contributed by atoms with van der Waals surface area (Å²) in [4.78, 5) is 0. The van der Waals surface area contributed by atoms with E-state index < -0.39 is 0 Å². The van der Waals surface area contributed by atoms with Crippen molar-refractivity contribution < 1.29 is 75.2 Å². The predicted molar refractivity (Wildman–Crippen MR) is 7.15 cm³/mol. The summed E-state index contributed by atoms with van der Waals surface area (Å²) in [7, 11) is 0. The van der Waals surface area contributed by atoms with Gasteiger partial charge in [-0.1, -0.05) is 0 Å². The van der Waals surface area contributed by atoms with E-state index in [2.05, 4.69) is 0 Å². The van der Waals surface area contributed by atoms with Crippen molar-refractivity contribution >= 4 is 19.1 Å². The van der Waals surface area contributed by atoms with Crippen molar-refractivity contribution in [2.45, 2.75) is 0 Å². The van der Waals surface area contributed by atoms with Crippen molar-refractivity contribution in [3.8, 4) is 0 Å². The fraction of sp³-hybridized carbons (Fsp3) is 0. The Morgan fingerprint density at radius 2 is 1.25 bits per heavy atom. The first-order chi connectivity index (χ1) is 1.00. The number of hydrogen-bond donors (Lipinski definition) is 0. The SMILES string of the molecule is [Er].[Mo][TeH].[Ti]. The molecule has 0 unspecified atom stereocenters. The van der Waals surface area contributed by atoms with Gasteiger partial charge in [0.15, 0.2) is 0 Å². The second kappa shape index (κ2) is 16.1. The third-order valence-corrected chi connectivity index (χ3v) is 0. The van der Waals surface area contributed by atoms with Crippen LogP contribution in [0.15, 0.2) is 0 Å². The first kappa shape index (κ1) is 15.7. The number of rotatable bonds is 0. The van der Waals surface area contributed by atoms with Gasteiger partial charge in [-0.15, -0.1) is 0 Å². The molecule has 0 aromatic rings. The average molecular weight is 440 g/mol. The molecule has 0 spiro atoms. The molecule has 0 saturated carbocycles. The summed E-state index contributed by atoms with van der Waals surface area (Å²) >= 11 is 3.76. The van der Waals surface area contributed by atoms with Crippen molar-refractivity contribution in [3.05, 3.63) is 0 Å². The average Bonchev–Trinajstić information content (AvgIpc) is 1.00. The molecule has 0 aliphatic rings. The van der Waals surface area contributed by atoms with Crippen molar-refractivity contribution in [1.82, 2.24) is 0 Å². The van der Waals surface area contributed by atoms with Crippen LogP contribution in [0, 0.1) is 37.3 Å². The Balaban J connectivity index is -0.00000000500. The van der Waals surface area contributed by atoms with E-state index in [1.54, 1.807) is 19.1 Å². The second-order valence-electron chi connectivity index (χ2n) is 0. The Hall–Kier alpha value is 3.44. The van der Waals surface area contributed by atoms with E-state index >= 15 is 0 Å². The molecular formula is HErMoTeTi. The van der Waals surface area contributed by atoms with Gasteiger partial charge in [-0.2, -0.15) is 0 Å². The molecule has 0 aromatic carbocycles. The van der Waals surface area contributed by atoms with Crippen molar-refractivity contribution in [1.29, 1.82) is 0 Å². The zero-order chi connectivity index (χ0) is 2.00. The Kier molecular flexibility index (Phi) is 63.0. The van der Waals surface area contributed by atoms with E-state index in [4.69, 9.17) is 0 Å². The first-order valence-electron chi connectivity index (χ1n) is 0.183. The Bertz CT molecular complexity index is 8.00. The molecule has 0 N–H and O–H groups in total.